The molecular weight excluding hydrogens is 630 g/mol. The highest BCUT2D eigenvalue weighted by atomic mass is 16.6. The van der Waals surface area contributed by atoms with Crippen molar-refractivity contribution in [2.45, 2.75) is 50.8 Å². The predicted molar refractivity (Wildman–Crippen MR) is 177 cm³/mol. The lowest BCUT2D eigenvalue weighted by molar-refractivity contribution is -0.140. The quantitative estimate of drug-likeness (QED) is 0.314. The predicted octanol–water partition coefficient (Wildman–Crippen LogP) is 2.12. The number of carbonyl (C=O) groups excluding carboxylic acids is 5. The second-order valence-electron chi connectivity index (χ2n) is 12.4. The molecule has 3 heterocycles. The third-order valence-electron chi connectivity index (χ3n) is 9.08. The van der Waals surface area contributed by atoms with Gasteiger partial charge in [0.1, 0.15) is 12.6 Å². The first-order valence-corrected chi connectivity index (χ1v) is 16.8. The van der Waals surface area contributed by atoms with Crippen molar-refractivity contribution in [3.8, 4) is 11.6 Å². The number of piperazine rings is 1. The Morgan fingerprint density at radius 3 is 2.18 bits per heavy atom. The minimum absolute atomic E-state index is 0.00371. The van der Waals surface area contributed by atoms with Crippen LogP contribution in [0.3, 0.4) is 0 Å². The normalized spacial score (nSPS) is 17.6. The monoisotopic (exact) mass is 671 g/mol. The molecule has 1 atom stereocenters. The molecule has 258 valence electrons. The molecule has 0 radical (unpaired) electrons. The lowest BCUT2D eigenvalue weighted by Gasteiger charge is -2.34. The largest absolute Gasteiger partial charge is 0.467 e. The van der Waals surface area contributed by atoms with Crippen LogP contribution in [0.5, 0.6) is 5.88 Å². The third kappa shape index (κ3) is 8.37. The Hall–Kier alpha value is -5.40. The number of aromatic nitrogens is 2. The first-order valence-electron chi connectivity index (χ1n) is 16.8. The fraction of sp³-hybridized carbons (Fsp3) is 0.429. The van der Waals surface area contributed by atoms with Crippen molar-refractivity contribution in [1.29, 1.82) is 0 Å². The van der Waals surface area contributed by atoms with Gasteiger partial charge in [-0.1, -0.05) is 48.5 Å². The van der Waals surface area contributed by atoms with Gasteiger partial charge in [0.25, 0.3) is 11.8 Å². The fourth-order valence-electron chi connectivity index (χ4n) is 6.05. The summed E-state index contributed by atoms with van der Waals surface area (Å²) >= 11 is 0. The maximum absolute atomic E-state index is 13.2. The molecule has 2 N–H and O–H groups in total. The number of likely N-dealkylation sites (tertiary alicyclic amines) is 1. The molecule has 2 aromatic carbocycles. The molecular formula is C35H41N7O7. The van der Waals surface area contributed by atoms with Crippen LogP contribution in [-0.2, 0) is 25.7 Å². The maximum atomic E-state index is 13.2. The van der Waals surface area contributed by atoms with E-state index in [0.29, 0.717) is 44.8 Å². The Balaban J connectivity index is 1.01. The van der Waals surface area contributed by atoms with E-state index in [1.807, 2.05) is 48.5 Å². The first kappa shape index (κ1) is 33.5. The van der Waals surface area contributed by atoms with Crippen molar-refractivity contribution >= 4 is 29.7 Å². The zero-order valence-electron chi connectivity index (χ0n) is 27.3. The zero-order valence-corrected chi connectivity index (χ0v) is 27.3. The minimum Gasteiger partial charge on any atom is -0.467 e. The Kier molecular flexibility index (Phi) is 10.7. The second-order valence-corrected chi connectivity index (χ2v) is 12.4. The van der Waals surface area contributed by atoms with Gasteiger partial charge >= 0.3 is 6.09 Å². The maximum Gasteiger partial charge on any atom is 0.410 e. The van der Waals surface area contributed by atoms with Crippen LogP contribution in [0.25, 0.3) is 5.69 Å². The van der Waals surface area contributed by atoms with Crippen molar-refractivity contribution in [2.24, 2.45) is 0 Å². The lowest BCUT2D eigenvalue weighted by Crippen LogP contribution is -2.52. The molecule has 3 aliphatic rings. The van der Waals surface area contributed by atoms with Crippen molar-refractivity contribution in [1.82, 2.24) is 35.1 Å². The number of benzene rings is 2. The highest BCUT2D eigenvalue weighted by molar-refractivity contribution is 5.95. The lowest BCUT2D eigenvalue weighted by atomic mass is 9.93. The number of carbonyl (C=O) groups is 5. The number of ether oxygens (including phenoxy) is 2. The molecule has 14 heteroatoms. The number of amides is 5. The summed E-state index contributed by atoms with van der Waals surface area (Å²) in [6, 6.07) is 19.5. The molecule has 2 aliphatic heterocycles. The van der Waals surface area contributed by atoms with Crippen LogP contribution in [0.4, 0.5) is 4.79 Å². The van der Waals surface area contributed by atoms with Gasteiger partial charge in [-0.25, -0.2) is 9.48 Å². The Morgan fingerprint density at radius 1 is 0.796 bits per heavy atom. The SMILES string of the molecule is O=C(NCC(=O)N1CCN(C(=O)OCc2ccccc2)CC1)c1cc(OCC(=O)N2CCC[C@H]2C(=O)NC2CCC2)n(-c2ccccc2)n1. The molecule has 14 nitrogen and oxygen atoms in total. The van der Waals surface area contributed by atoms with E-state index in [1.165, 1.54) is 10.7 Å². The van der Waals surface area contributed by atoms with E-state index in [4.69, 9.17) is 9.47 Å². The molecule has 3 fully saturated rings. The number of nitrogens with one attached hydrogen (secondary N) is 2. The van der Waals surface area contributed by atoms with Gasteiger partial charge in [-0.15, -0.1) is 0 Å². The molecule has 1 aromatic heterocycles. The van der Waals surface area contributed by atoms with E-state index in [-0.39, 0.29) is 55.1 Å². The molecule has 0 unspecified atom stereocenters. The summed E-state index contributed by atoms with van der Waals surface area (Å²) in [6.07, 6.45) is 3.93. The van der Waals surface area contributed by atoms with Crippen LogP contribution in [-0.4, -0.2) is 112 Å². The number of hydrogen-bond acceptors (Lipinski definition) is 8. The average Bonchev–Trinajstić information content (AvgIpc) is 3.79. The highest BCUT2D eigenvalue weighted by Crippen LogP contribution is 2.23. The summed E-state index contributed by atoms with van der Waals surface area (Å²) in [6.45, 7) is 1.30. The molecule has 5 amide bonds. The van der Waals surface area contributed by atoms with Crippen molar-refractivity contribution in [2.75, 3.05) is 45.9 Å². The van der Waals surface area contributed by atoms with Crippen molar-refractivity contribution in [3.05, 3.63) is 78.0 Å². The number of nitrogens with zero attached hydrogens (tertiary/aromatic N) is 5. The van der Waals surface area contributed by atoms with Crippen LogP contribution < -0.4 is 15.4 Å². The molecule has 6 rings (SSSR count). The van der Waals surface area contributed by atoms with Crippen LogP contribution in [0.1, 0.15) is 48.2 Å². The Morgan fingerprint density at radius 2 is 1.49 bits per heavy atom. The second kappa shape index (κ2) is 15.7. The minimum atomic E-state index is -0.588. The van der Waals surface area contributed by atoms with E-state index in [2.05, 4.69) is 15.7 Å². The molecule has 3 aromatic rings. The van der Waals surface area contributed by atoms with Gasteiger partial charge in [-0.05, 0) is 49.8 Å². The highest BCUT2D eigenvalue weighted by Gasteiger charge is 2.36. The van der Waals surface area contributed by atoms with Gasteiger partial charge in [0, 0.05) is 44.8 Å². The first-order chi connectivity index (χ1) is 23.9. The molecule has 0 spiro atoms. The molecule has 1 saturated carbocycles. The van der Waals surface area contributed by atoms with Crippen molar-refractivity contribution < 1.29 is 33.4 Å². The number of rotatable bonds is 11. The standard InChI is InChI=1S/C35H41N7O7/c43-30(39-17-19-40(20-18-39)35(47)49-23-25-9-3-1-4-10-25)22-36-33(45)28-21-32(42(38-28)27-13-5-2-6-14-27)48-24-31(44)41-16-8-15-29(41)34(46)37-26-11-7-12-26/h1-6,9-10,13-14,21,26,29H,7-8,11-12,15-20,22-24H2,(H,36,45)(H,37,46)/t29-/m0/s1. The van der Waals surface area contributed by atoms with E-state index < -0.39 is 18.0 Å². The molecule has 0 bridgehead atoms. The van der Waals surface area contributed by atoms with Gasteiger partial charge in [-0.3, -0.25) is 19.2 Å². The van der Waals surface area contributed by atoms with Gasteiger partial charge < -0.3 is 34.8 Å². The Bertz CT molecular complexity index is 1640. The Labute approximate surface area is 284 Å². The summed E-state index contributed by atoms with van der Waals surface area (Å²) in [5, 5.41) is 10.1. The van der Waals surface area contributed by atoms with Gasteiger partial charge in [0.05, 0.1) is 12.2 Å². The van der Waals surface area contributed by atoms with Gasteiger partial charge in [-0.2, -0.15) is 5.10 Å². The molecule has 1 aliphatic carbocycles. The molecule has 2 saturated heterocycles. The third-order valence-corrected chi connectivity index (χ3v) is 9.08. The van der Waals surface area contributed by atoms with Crippen LogP contribution in [0.15, 0.2) is 66.7 Å². The number of para-hydroxylation sites is 1. The smallest absolute Gasteiger partial charge is 0.410 e. The van der Waals surface area contributed by atoms with Crippen LogP contribution >= 0.6 is 0 Å². The number of hydrogen-bond donors (Lipinski definition) is 2. The summed E-state index contributed by atoms with van der Waals surface area (Å²) in [5.74, 6) is -1.16. The van der Waals surface area contributed by atoms with Crippen LogP contribution in [0, 0.1) is 0 Å². The topological polar surface area (TPSA) is 155 Å². The summed E-state index contributed by atoms with van der Waals surface area (Å²) in [4.78, 5) is 69.3. The van der Waals surface area contributed by atoms with Gasteiger partial charge in [0.2, 0.25) is 17.7 Å². The van der Waals surface area contributed by atoms with E-state index in [1.54, 1.807) is 26.8 Å². The van der Waals surface area contributed by atoms with E-state index >= 15 is 0 Å². The average molecular weight is 672 g/mol. The summed E-state index contributed by atoms with van der Waals surface area (Å²) < 4.78 is 12.7. The van der Waals surface area contributed by atoms with Crippen LogP contribution in [0.2, 0.25) is 0 Å². The van der Waals surface area contributed by atoms with Gasteiger partial charge in [0.15, 0.2) is 12.3 Å². The summed E-state index contributed by atoms with van der Waals surface area (Å²) in [7, 11) is 0. The summed E-state index contributed by atoms with van der Waals surface area (Å²) in [5.41, 5.74) is 1.50. The molecule has 49 heavy (non-hydrogen) atoms. The van der Waals surface area contributed by atoms with E-state index in [9.17, 15) is 24.0 Å². The van der Waals surface area contributed by atoms with E-state index in [0.717, 1.165) is 31.2 Å². The zero-order chi connectivity index (χ0) is 34.2. The fourth-order valence-corrected chi connectivity index (χ4v) is 6.05. The van der Waals surface area contributed by atoms with Crippen molar-refractivity contribution in [3.63, 3.8) is 0 Å².